The molecule has 1 aromatic carbocycles. The smallest absolute Gasteiger partial charge is 0.402 e. The minimum atomic E-state index is -4.50. The molecule has 6 atom stereocenters. The Labute approximate surface area is 395 Å². The van der Waals surface area contributed by atoms with Crippen LogP contribution in [0.4, 0.5) is 5.82 Å². The largest absolute Gasteiger partial charge is 0.530 e. The highest BCUT2D eigenvalue weighted by Crippen LogP contribution is 2.55. The normalized spacial score (nSPS) is 21.4. The Morgan fingerprint density at radius 2 is 1.53 bits per heavy atom. The molecule has 3 aromatic heterocycles. The number of halogens is 1. The molecule has 0 spiro atoms. The lowest BCUT2D eigenvalue weighted by Crippen LogP contribution is -2.44. The van der Waals surface area contributed by atoms with Crippen LogP contribution in [0.2, 0.25) is 5.02 Å². The molecule has 2 aliphatic rings. The van der Waals surface area contributed by atoms with Crippen molar-refractivity contribution in [2.45, 2.75) is 173 Å². The molecule has 362 valence electrons. The summed E-state index contributed by atoms with van der Waals surface area (Å²) in [6.07, 6.45) is 19.3. The van der Waals surface area contributed by atoms with E-state index in [4.69, 9.17) is 54.6 Å². The minimum absolute atomic E-state index is 0.0525. The van der Waals surface area contributed by atoms with Crippen LogP contribution in [-0.4, -0.2) is 75.7 Å². The number of nitriles is 1. The van der Waals surface area contributed by atoms with Gasteiger partial charge in [0, 0.05) is 6.61 Å². The SMILES string of the molecule is CCCCCCCCCCCCCCCCCCOC[C@H](COP(=O)(OC[C@@]1(C)O[C@@H](c2ccc3c(N)ncnn23)[C@@H]2OC(C)(C)O[C@@H]21)Oc1ccccc1Cl)OCc1cccc(C#N)n1. The van der Waals surface area contributed by atoms with Crippen molar-refractivity contribution in [3.63, 3.8) is 0 Å². The van der Waals surface area contributed by atoms with E-state index in [9.17, 15) is 9.83 Å². The molecule has 2 N–H and O–H groups in total. The molecule has 0 radical (unpaired) electrons. The summed E-state index contributed by atoms with van der Waals surface area (Å²) in [4.78, 5) is 8.46. The molecular weight excluding hydrogens is 883 g/mol. The van der Waals surface area contributed by atoms with Crippen molar-refractivity contribution in [3.05, 3.63) is 83.0 Å². The van der Waals surface area contributed by atoms with Crippen molar-refractivity contribution >= 4 is 30.8 Å². The second-order valence-corrected chi connectivity index (χ2v) is 20.0. The summed E-state index contributed by atoms with van der Waals surface area (Å²) in [7, 11) is -4.50. The number of nitrogen functional groups attached to an aromatic ring is 1. The zero-order chi connectivity index (χ0) is 46.8. The van der Waals surface area contributed by atoms with Gasteiger partial charge >= 0.3 is 7.82 Å². The van der Waals surface area contributed by atoms with Gasteiger partial charge < -0.3 is 33.9 Å². The van der Waals surface area contributed by atoms with Crippen LogP contribution in [0.3, 0.4) is 0 Å². The van der Waals surface area contributed by atoms with Gasteiger partial charge in [-0.1, -0.05) is 133 Å². The third-order valence-corrected chi connectivity index (χ3v) is 13.7. The monoisotopic (exact) mass is 952 g/mol. The summed E-state index contributed by atoms with van der Waals surface area (Å²) in [5.41, 5.74) is 7.02. The first-order chi connectivity index (χ1) is 31.9. The topological polar surface area (TPSA) is 184 Å². The molecule has 0 amide bonds. The minimum Gasteiger partial charge on any atom is -0.402 e. The van der Waals surface area contributed by atoms with Crippen molar-refractivity contribution in [3.8, 4) is 11.8 Å². The Kier molecular flexibility index (Phi) is 20.1. The number of unbranched alkanes of at least 4 members (excludes halogenated alkanes) is 15. The number of phosphoric acid groups is 1. The Morgan fingerprint density at radius 3 is 2.21 bits per heavy atom. The molecule has 5 heterocycles. The number of para-hydroxylation sites is 1. The standard InChI is InChI=1S/C49H70ClN6O9P/c1-5-6-7-8-9-10-11-12-13-14-15-16-17-18-19-22-30-58-33-39(59-32-38-25-23-24-37(31-51)55-38)34-60-66(57,65-43-27-21-20-26-40(43)50)61-35-49(4)46-45(62-48(2,3)64-46)44(63-49)41-28-29-42-47(52)53-36-54-56(41)42/h20-21,23-29,36,39,44-46H,5-19,22,30,32-35H2,1-4H3,(H2,52,53,54)/t39-,44+,45+,46+,49-,66?/m1/s1. The fourth-order valence-electron chi connectivity index (χ4n) is 8.49. The number of aromatic nitrogens is 4. The van der Waals surface area contributed by atoms with Crippen LogP contribution in [-0.2, 0) is 43.9 Å². The Balaban J connectivity index is 1.04. The van der Waals surface area contributed by atoms with Crippen molar-refractivity contribution in [2.24, 2.45) is 0 Å². The molecule has 0 aliphatic carbocycles. The van der Waals surface area contributed by atoms with Crippen molar-refractivity contribution < 1.29 is 41.8 Å². The lowest BCUT2D eigenvalue weighted by molar-refractivity contribution is -0.212. The van der Waals surface area contributed by atoms with E-state index in [-0.39, 0.29) is 42.9 Å². The lowest BCUT2D eigenvalue weighted by atomic mass is 9.97. The van der Waals surface area contributed by atoms with Gasteiger partial charge in [-0.25, -0.2) is 19.0 Å². The fourth-order valence-corrected chi connectivity index (χ4v) is 10.1. The van der Waals surface area contributed by atoms with Gasteiger partial charge in [0.15, 0.2) is 11.6 Å². The highest BCUT2D eigenvalue weighted by atomic mass is 35.5. The van der Waals surface area contributed by atoms with Crippen molar-refractivity contribution in [1.29, 1.82) is 5.26 Å². The van der Waals surface area contributed by atoms with Crippen LogP contribution in [0.5, 0.6) is 5.75 Å². The van der Waals surface area contributed by atoms with E-state index in [2.05, 4.69) is 28.1 Å². The number of fused-ring (bicyclic) bond motifs is 2. The zero-order valence-corrected chi connectivity index (χ0v) is 40.9. The van der Waals surface area contributed by atoms with Crippen LogP contribution >= 0.6 is 19.4 Å². The summed E-state index contributed by atoms with van der Waals surface area (Å²) in [6, 6.07) is 17.5. The quantitative estimate of drug-likeness (QED) is 0.0371. The Morgan fingerprint density at radius 1 is 0.848 bits per heavy atom. The molecule has 0 saturated carbocycles. The van der Waals surface area contributed by atoms with Crippen LogP contribution in [0.15, 0.2) is 60.9 Å². The number of nitrogens with two attached hydrogens (primary N) is 1. The third-order valence-electron chi connectivity index (χ3n) is 12.0. The highest BCUT2D eigenvalue weighted by Gasteiger charge is 2.62. The average molecular weight is 954 g/mol. The molecule has 4 aromatic rings. The molecule has 2 aliphatic heterocycles. The van der Waals surface area contributed by atoms with Gasteiger partial charge in [0.2, 0.25) is 0 Å². The summed E-state index contributed by atoms with van der Waals surface area (Å²) in [6.45, 7) is 7.89. The van der Waals surface area contributed by atoms with Gasteiger partial charge in [0.25, 0.3) is 0 Å². The number of pyridine rings is 1. The second kappa shape index (κ2) is 25.6. The molecule has 0 bridgehead atoms. The van der Waals surface area contributed by atoms with Crippen LogP contribution in [0.1, 0.15) is 154 Å². The molecule has 1 unspecified atom stereocenters. The molecule has 6 rings (SSSR count). The maximum atomic E-state index is 14.8. The highest BCUT2D eigenvalue weighted by molar-refractivity contribution is 7.49. The van der Waals surface area contributed by atoms with E-state index in [0.717, 1.165) is 19.3 Å². The van der Waals surface area contributed by atoms with Gasteiger partial charge in [-0.05, 0) is 63.6 Å². The molecule has 66 heavy (non-hydrogen) atoms. The number of hydrogen-bond acceptors (Lipinski definition) is 14. The second-order valence-electron chi connectivity index (χ2n) is 18.0. The molecule has 15 nitrogen and oxygen atoms in total. The third kappa shape index (κ3) is 15.2. The van der Waals surface area contributed by atoms with Gasteiger partial charge in [-0.15, -0.1) is 0 Å². The predicted molar refractivity (Wildman–Crippen MR) is 253 cm³/mol. The summed E-state index contributed by atoms with van der Waals surface area (Å²) in [5, 5.41) is 14.0. The Hall–Kier alpha value is -3.68. The number of benzene rings is 1. The summed E-state index contributed by atoms with van der Waals surface area (Å²) >= 11 is 6.50. The fraction of sp³-hybridized carbons (Fsp3) is 0.633. The number of ether oxygens (including phenoxy) is 5. The van der Waals surface area contributed by atoms with E-state index < -0.39 is 43.6 Å². The van der Waals surface area contributed by atoms with E-state index in [0.29, 0.717) is 29.3 Å². The van der Waals surface area contributed by atoms with Gasteiger partial charge in [0.05, 0.1) is 42.8 Å². The van der Waals surface area contributed by atoms with Crippen LogP contribution in [0, 0.1) is 11.3 Å². The number of hydrogen-bond donors (Lipinski definition) is 1. The van der Waals surface area contributed by atoms with Gasteiger partial charge in [-0.3, -0.25) is 9.05 Å². The first kappa shape index (κ1) is 51.7. The van der Waals surface area contributed by atoms with E-state index in [1.54, 1.807) is 53.9 Å². The number of anilines is 1. The van der Waals surface area contributed by atoms with Gasteiger partial charge in [0.1, 0.15) is 59.4 Å². The van der Waals surface area contributed by atoms with Crippen molar-refractivity contribution in [2.75, 3.05) is 32.2 Å². The maximum absolute atomic E-state index is 14.8. The van der Waals surface area contributed by atoms with Crippen LogP contribution in [0.25, 0.3) is 5.52 Å². The van der Waals surface area contributed by atoms with Gasteiger partial charge in [-0.2, -0.15) is 10.4 Å². The Bertz CT molecular complexity index is 2190. The molecule has 2 fully saturated rings. The predicted octanol–water partition coefficient (Wildman–Crippen LogP) is 11.7. The molecule has 2 saturated heterocycles. The van der Waals surface area contributed by atoms with E-state index in [1.165, 1.54) is 89.8 Å². The first-order valence-corrected chi connectivity index (χ1v) is 25.8. The van der Waals surface area contributed by atoms with Crippen LogP contribution < -0.4 is 10.3 Å². The van der Waals surface area contributed by atoms with E-state index in [1.807, 2.05) is 26.0 Å². The average Bonchev–Trinajstić information content (AvgIpc) is 3.97. The van der Waals surface area contributed by atoms with Crippen molar-refractivity contribution in [1.82, 2.24) is 19.6 Å². The maximum Gasteiger partial charge on any atom is 0.530 e. The zero-order valence-electron chi connectivity index (χ0n) is 39.2. The first-order valence-electron chi connectivity index (χ1n) is 23.9. The van der Waals surface area contributed by atoms with E-state index >= 15 is 0 Å². The summed E-state index contributed by atoms with van der Waals surface area (Å²) in [5.74, 6) is -0.550. The number of phosphoric ester groups is 1. The number of nitrogens with zero attached hydrogens (tertiary/aromatic N) is 5. The summed E-state index contributed by atoms with van der Waals surface area (Å²) < 4.78 is 66.7. The lowest BCUT2D eigenvalue weighted by Gasteiger charge is -2.32. The molecular formula is C49H70ClN6O9P. The number of rotatable bonds is 31. The molecule has 17 heteroatoms.